The van der Waals surface area contributed by atoms with Crippen molar-refractivity contribution in [3.05, 3.63) is 97.6 Å². The molecular weight excluding hydrogens is 647 g/mol. The molecule has 0 fully saturated rings. The summed E-state index contributed by atoms with van der Waals surface area (Å²) in [5.41, 5.74) is 1.22. The number of ether oxygens (including phenoxy) is 1. The molecule has 0 aliphatic rings. The summed E-state index contributed by atoms with van der Waals surface area (Å²) in [5.74, 6) is -2.08. The van der Waals surface area contributed by atoms with E-state index in [1.54, 1.807) is 63.2 Å². The number of nitrogens with zero attached hydrogens (tertiary/aromatic N) is 2. The highest BCUT2D eigenvalue weighted by Gasteiger charge is 2.30. The zero-order valence-electron chi connectivity index (χ0n) is 24.5. The van der Waals surface area contributed by atoms with E-state index in [0.717, 1.165) is 18.2 Å². The third kappa shape index (κ3) is 7.11. The van der Waals surface area contributed by atoms with E-state index in [1.807, 2.05) is 4.72 Å². The molecule has 4 rings (SSSR count). The maximum atomic E-state index is 13.6. The minimum atomic E-state index is -4.56. The fourth-order valence-corrected chi connectivity index (χ4v) is 6.11. The van der Waals surface area contributed by atoms with Crippen molar-refractivity contribution in [2.75, 3.05) is 7.11 Å². The third-order valence-electron chi connectivity index (χ3n) is 7.10. The van der Waals surface area contributed by atoms with E-state index in [0.29, 0.717) is 38.5 Å². The highest BCUT2D eigenvalue weighted by molar-refractivity contribution is 7.90. The van der Waals surface area contributed by atoms with Crippen LogP contribution in [0, 0.1) is 23.0 Å². The number of carbonyl (C=O) groups is 3. The molecule has 4 aromatic rings. The molecule has 0 saturated heterocycles. The summed E-state index contributed by atoms with van der Waals surface area (Å²) in [5, 5.41) is 14.6. The maximum absolute atomic E-state index is 13.6. The molecule has 3 aromatic carbocycles. The lowest BCUT2D eigenvalue weighted by atomic mass is 10.0. The summed E-state index contributed by atoms with van der Waals surface area (Å²) in [6, 6.07) is 12.9. The van der Waals surface area contributed by atoms with Gasteiger partial charge in [-0.25, -0.2) is 13.1 Å². The van der Waals surface area contributed by atoms with Crippen LogP contribution in [0.2, 0.25) is 10.0 Å². The number of hydrogen-bond donors (Lipinski definition) is 2. The number of sulfonamides is 1. The van der Waals surface area contributed by atoms with Crippen LogP contribution in [0.25, 0.3) is 10.9 Å². The Balaban J connectivity index is 1.62. The van der Waals surface area contributed by atoms with Crippen LogP contribution in [-0.2, 0) is 26.0 Å². The number of aromatic nitrogens is 1. The van der Waals surface area contributed by atoms with Crippen LogP contribution in [-0.4, -0.2) is 48.8 Å². The van der Waals surface area contributed by atoms with Crippen LogP contribution >= 0.6 is 23.2 Å². The normalized spacial score (nSPS) is 12.2. The third-order valence-corrected chi connectivity index (χ3v) is 9.01. The van der Waals surface area contributed by atoms with E-state index in [9.17, 15) is 32.9 Å². The highest BCUT2D eigenvalue weighted by Crippen LogP contribution is 2.31. The number of methoxy groups -OCH3 is 1. The smallest absolute Gasteiger partial charge is 0.289 e. The van der Waals surface area contributed by atoms with Crippen LogP contribution in [0.5, 0.6) is 5.75 Å². The van der Waals surface area contributed by atoms with Gasteiger partial charge in [0, 0.05) is 27.7 Å². The summed E-state index contributed by atoms with van der Waals surface area (Å²) in [6.07, 6.45) is -0.261. The van der Waals surface area contributed by atoms with Gasteiger partial charge in [-0.15, -0.1) is 0 Å². The van der Waals surface area contributed by atoms with Crippen molar-refractivity contribution in [1.82, 2.24) is 14.6 Å². The molecule has 1 aromatic heterocycles. The average molecular weight is 676 g/mol. The number of nitro groups is 1. The maximum Gasteiger partial charge on any atom is 0.289 e. The Labute approximate surface area is 268 Å². The van der Waals surface area contributed by atoms with Crippen molar-refractivity contribution >= 4 is 67.5 Å². The summed E-state index contributed by atoms with van der Waals surface area (Å²) < 4.78 is 34.6. The molecule has 0 unspecified atom stereocenters. The van der Waals surface area contributed by atoms with E-state index >= 15 is 0 Å². The van der Waals surface area contributed by atoms with E-state index in [4.69, 9.17) is 27.9 Å². The van der Waals surface area contributed by atoms with Gasteiger partial charge in [0.25, 0.3) is 27.5 Å². The molecule has 236 valence electrons. The number of halogens is 2. The number of rotatable bonds is 10. The molecule has 0 bridgehead atoms. The monoisotopic (exact) mass is 674 g/mol. The van der Waals surface area contributed by atoms with Crippen LogP contribution in [0.15, 0.2) is 65.6 Å². The lowest BCUT2D eigenvalue weighted by Crippen LogP contribution is -2.51. The number of hydrogen-bond acceptors (Lipinski definition) is 8. The average Bonchev–Trinajstić information content (AvgIpc) is 3.25. The molecule has 1 heterocycles. The number of nitrogens with one attached hydrogen (secondary N) is 2. The second-order valence-electron chi connectivity index (χ2n) is 10.4. The van der Waals surface area contributed by atoms with Crippen LogP contribution < -0.4 is 14.8 Å². The number of nitro benzene ring substituents is 1. The molecule has 2 amide bonds. The Morgan fingerprint density at radius 1 is 1.02 bits per heavy atom. The van der Waals surface area contributed by atoms with Crippen molar-refractivity contribution < 1.29 is 32.5 Å². The van der Waals surface area contributed by atoms with E-state index in [2.05, 4.69) is 5.32 Å². The molecule has 0 aliphatic heterocycles. The Kier molecular flexibility index (Phi) is 9.86. The molecule has 0 saturated carbocycles. The zero-order chi connectivity index (χ0) is 33.2. The summed E-state index contributed by atoms with van der Waals surface area (Å²) in [4.78, 5) is 49.9. The molecule has 2 N–H and O–H groups in total. The van der Waals surface area contributed by atoms with Gasteiger partial charge in [-0.05, 0) is 73.0 Å². The van der Waals surface area contributed by atoms with E-state index in [1.165, 1.54) is 11.7 Å². The van der Waals surface area contributed by atoms with Gasteiger partial charge in [0.1, 0.15) is 16.8 Å². The molecule has 45 heavy (non-hydrogen) atoms. The van der Waals surface area contributed by atoms with Crippen molar-refractivity contribution in [2.24, 2.45) is 5.92 Å². The fraction of sp³-hybridized carbons (Fsp3) is 0.233. The Hall–Kier alpha value is -4.46. The van der Waals surface area contributed by atoms with Gasteiger partial charge in [-0.2, -0.15) is 0 Å². The summed E-state index contributed by atoms with van der Waals surface area (Å²) >= 11 is 11.8. The van der Waals surface area contributed by atoms with Crippen LogP contribution in [0.1, 0.15) is 35.5 Å². The quantitative estimate of drug-likeness (QED) is 0.174. The zero-order valence-corrected chi connectivity index (χ0v) is 26.8. The molecule has 15 heteroatoms. The van der Waals surface area contributed by atoms with E-state index in [-0.39, 0.29) is 17.4 Å². The van der Waals surface area contributed by atoms with Crippen molar-refractivity contribution in [2.45, 2.75) is 38.1 Å². The highest BCUT2D eigenvalue weighted by atomic mass is 35.5. The van der Waals surface area contributed by atoms with Gasteiger partial charge in [0.05, 0.1) is 28.9 Å². The minimum absolute atomic E-state index is 0.261. The molecular formula is C30H28Cl2N4O8S. The first-order valence-corrected chi connectivity index (χ1v) is 15.7. The topological polar surface area (TPSA) is 167 Å². The molecule has 12 nitrogen and oxygen atoms in total. The van der Waals surface area contributed by atoms with Gasteiger partial charge in [0.2, 0.25) is 5.91 Å². The standard InChI is InChI=1S/C30H28Cl2N4O8S/c1-16(2)28(29(38)34-45(42,43)21-10-11-24(32)26(14-21)36(40)41)33-27(37)15-22-17(3)35(25-12-9-20(44-4)13-23(22)25)30(39)18-5-7-19(31)8-6-18/h5-14,16,28H,15H2,1-4H3,(H,33,37)(H,34,38)/t28-/m0/s1. The van der Waals surface area contributed by atoms with E-state index < -0.39 is 49.3 Å². The van der Waals surface area contributed by atoms with Gasteiger partial charge in [-0.3, -0.25) is 29.1 Å². The van der Waals surface area contributed by atoms with Gasteiger partial charge < -0.3 is 10.1 Å². The van der Waals surface area contributed by atoms with Gasteiger partial charge in [0.15, 0.2) is 0 Å². The molecule has 0 radical (unpaired) electrons. The second kappa shape index (κ2) is 13.3. The van der Waals surface area contributed by atoms with Crippen molar-refractivity contribution in [3.8, 4) is 5.75 Å². The Morgan fingerprint density at radius 3 is 2.29 bits per heavy atom. The first-order valence-electron chi connectivity index (χ1n) is 13.4. The largest absolute Gasteiger partial charge is 0.497 e. The van der Waals surface area contributed by atoms with Crippen LogP contribution in [0.3, 0.4) is 0 Å². The first kappa shape index (κ1) is 33.4. The van der Waals surface area contributed by atoms with Crippen LogP contribution in [0.4, 0.5) is 5.69 Å². The Bertz CT molecular complexity index is 1940. The molecule has 0 aliphatic carbocycles. The first-order chi connectivity index (χ1) is 21.1. The number of amides is 2. The second-order valence-corrected chi connectivity index (χ2v) is 12.9. The van der Waals surface area contributed by atoms with Gasteiger partial charge in [-0.1, -0.05) is 37.0 Å². The number of carbonyl (C=O) groups excluding carboxylic acids is 3. The molecule has 0 spiro atoms. The Morgan fingerprint density at radius 2 is 1.69 bits per heavy atom. The molecule has 1 atom stereocenters. The lowest BCUT2D eigenvalue weighted by Gasteiger charge is -2.22. The lowest BCUT2D eigenvalue weighted by molar-refractivity contribution is -0.384. The van der Waals surface area contributed by atoms with Crippen molar-refractivity contribution in [3.63, 3.8) is 0 Å². The van der Waals surface area contributed by atoms with Crippen molar-refractivity contribution in [1.29, 1.82) is 0 Å². The predicted octanol–water partition coefficient (Wildman–Crippen LogP) is 5.05. The summed E-state index contributed by atoms with van der Waals surface area (Å²) in [6.45, 7) is 4.90. The number of fused-ring (bicyclic) bond motifs is 1. The predicted molar refractivity (Wildman–Crippen MR) is 168 cm³/mol. The summed E-state index contributed by atoms with van der Waals surface area (Å²) in [7, 11) is -3.08. The SMILES string of the molecule is COc1ccc2c(c1)c(CC(=O)N[C@H](C(=O)NS(=O)(=O)c1ccc(Cl)c([N+](=O)[O-])c1)C(C)C)c(C)n2C(=O)c1ccc(Cl)cc1. The number of benzene rings is 3. The minimum Gasteiger partial charge on any atom is -0.497 e. The van der Waals surface area contributed by atoms with Gasteiger partial charge >= 0.3 is 0 Å². The fourth-order valence-electron chi connectivity index (χ4n) is 4.77.